The van der Waals surface area contributed by atoms with Crippen LogP contribution in [0, 0.1) is 19.7 Å². The number of ketones is 1. The third kappa shape index (κ3) is 4.39. The summed E-state index contributed by atoms with van der Waals surface area (Å²) in [6, 6.07) is 6.81. The number of unbranched alkanes of at least 4 members (excludes halogenated alkanes) is 1. The van der Waals surface area contributed by atoms with Crippen LogP contribution in [-0.4, -0.2) is 46.4 Å². The third-order valence-corrected chi connectivity index (χ3v) is 7.00. The number of amides is 3. The molecule has 0 unspecified atom stereocenters. The summed E-state index contributed by atoms with van der Waals surface area (Å²) in [4.78, 5) is 40.7. The second kappa shape index (κ2) is 9.70. The van der Waals surface area contributed by atoms with Gasteiger partial charge in [0.05, 0.1) is 12.6 Å². The molecule has 2 atom stereocenters. The number of urea groups is 1. The zero-order valence-electron chi connectivity index (χ0n) is 20.0. The van der Waals surface area contributed by atoms with Gasteiger partial charge in [-0.05, 0) is 56.9 Å². The van der Waals surface area contributed by atoms with Gasteiger partial charge in [-0.25, -0.2) is 9.18 Å². The summed E-state index contributed by atoms with van der Waals surface area (Å²) in [5.41, 5.74) is 1.48. The first kappa shape index (κ1) is 24.1. The Balaban J connectivity index is 1.57. The van der Waals surface area contributed by atoms with Gasteiger partial charge in [-0.15, -0.1) is 0 Å². The molecule has 2 saturated heterocycles. The van der Waals surface area contributed by atoms with Crippen molar-refractivity contribution in [3.63, 3.8) is 0 Å². The van der Waals surface area contributed by atoms with Gasteiger partial charge in [-0.2, -0.15) is 0 Å². The normalized spacial score (nSPS) is 22.5. The average molecular weight is 470 g/mol. The molecule has 2 aliphatic rings. The maximum absolute atomic E-state index is 13.6. The minimum absolute atomic E-state index is 0.133. The van der Waals surface area contributed by atoms with Crippen LogP contribution >= 0.6 is 0 Å². The van der Waals surface area contributed by atoms with Crippen LogP contribution in [-0.2, 0) is 21.6 Å². The maximum atomic E-state index is 13.6. The monoisotopic (exact) mass is 469 g/mol. The second-order valence-electron chi connectivity index (χ2n) is 9.29. The lowest BCUT2D eigenvalue weighted by atomic mass is 9.84. The highest BCUT2D eigenvalue weighted by Crippen LogP contribution is 2.34. The maximum Gasteiger partial charge on any atom is 0.325 e. The Kier molecular flexibility index (Phi) is 6.89. The lowest BCUT2D eigenvalue weighted by molar-refractivity contribution is -0.131. The first-order valence-electron chi connectivity index (χ1n) is 12.0. The Morgan fingerprint density at radius 1 is 1.24 bits per heavy atom. The highest BCUT2D eigenvalue weighted by Gasteiger charge is 2.52. The van der Waals surface area contributed by atoms with Crippen molar-refractivity contribution in [3.8, 4) is 0 Å². The number of aryl methyl sites for hydroxylation is 1. The van der Waals surface area contributed by atoms with Crippen LogP contribution in [0.25, 0.3) is 0 Å². The molecule has 4 rings (SSSR count). The molecule has 3 amide bonds. The molecular weight excluding hydrogens is 437 g/mol. The van der Waals surface area contributed by atoms with Crippen molar-refractivity contribution in [2.75, 3.05) is 13.2 Å². The summed E-state index contributed by atoms with van der Waals surface area (Å²) in [7, 11) is 0. The highest BCUT2D eigenvalue weighted by atomic mass is 19.1. The van der Waals surface area contributed by atoms with Gasteiger partial charge in [0, 0.05) is 30.1 Å². The van der Waals surface area contributed by atoms with Crippen LogP contribution in [0.1, 0.15) is 66.3 Å². The van der Waals surface area contributed by atoms with Crippen LogP contribution in [0.15, 0.2) is 30.3 Å². The van der Waals surface area contributed by atoms with Crippen molar-refractivity contribution in [2.24, 2.45) is 0 Å². The van der Waals surface area contributed by atoms with Gasteiger partial charge in [-0.3, -0.25) is 14.5 Å². The predicted octanol–water partition coefficient (Wildman–Crippen LogP) is 4.24. The fourth-order valence-electron chi connectivity index (χ4n) is 5.04. The van der Waals surface area contributed by atoms with Gasteiger partial charge in [0.2, 0.25) is 0 Å². The summed E-state index contributed by atoms with van der Waals surface area (Å²) in [5, 5.41) is 2.82. The molecule has 0 spiro atoms. The SMILES string of the molecule is CCCC[C@]1(c2ccc(F)cc2)NC(=O)N(CC(=O)c2cc(C)n(C[C@H]3CCCO3)c2C)C1=O. The number of nitrogens with zero attached hydrogens (tertiary/aromatic N) is 2. The number of Topliss-reactive ketones (excluding diaryl/α,β-unsaturated/α-hetero) is 1. The van der Waals surface area contributed by atoms with Crippen molar-refractivity contribution in [2.45, 2.75) is 71.1 Å². The van der Waals surface area contributed by atoms with Gasteiger partial charge in [0.15, 0.2) is 5.78 Å². The summed E-state index contributed by atoms with van der Waals surface area (Å²) >= 11 is 0. The number of halogens is 1. The molecule has 3 heterocycles. The number of carbonyl (C=O) groups is 3. The molecule has 7 nitrogen and oxygen atoms in total. The molecule has 0 radical (unpaired) electrons. The molecule has 8 heteroatoms. The van der Waals surface area contributed by atoms with Gasteiger partial charge >= 0.3 is 6.03 Å². The van der Waals surface area contributed by atoms with E-state index in [9.17, 15) is 18.8 Å². The molecule has 34 heavy (non-hydrogen) atoms. The Labute approximate surface area is 199 Å². The van der Waals surface area contributed by atoms with Crippen molar-refractivity contribution in [3.05, 3.63) is 58.7 Å². The van der Waals surface area contributed by atoms with E-state index in [1.807, 2.05) is 26.8 Å². The standard InChI is InChI=1S/C26H32FN3O4/c1-4-5-12-26(19-8-10-20(27)11-9-19)24(32)30(25(33)28-26)16-23(31)22-14-17(2)29(18(22)3)15-21-7-6-13-34-21/h8-11,14,21H,4-7,12-13,15-16H2,1-3H3,(H,28,33)/t21-,26-/m1/s1. The zero-order valence-corrected chi connectivity index (χ0v) is 20.0. The largest absolute Gasteiger partial charge is 0.376 e. The van der Waals surface area contributed by atoms with E-state index in [4.69, 9.17) is 4.74 Å². The van der Waals surface area contributed by atoms with E-state index in [2.05, 4.69) is 9.88 Å². The number of benzene rings is 1. The molecule has 182 valence electrons. The van der Waals surface area contributed by atoms with Crippen molar-refractivity contribution < 1.29 is 23.5 Å². The summed E-state index contributed by atoms with van der Waals surface area (Å²) in [5.74, 6) is -1.18. The Morgan fingerprint density at radius 2 is 1.97 bits per heavy atom. The second-order valence-corrected chi connectivity index (χ2v) is 9.29. The summed E-state index contributed by atoms with van der Waals surface area (Å²) in [6.45, 7) is 6.91. The number of nitrogens with one attached hydrogen (secondary N) is 1. The zero-order chi connectivity index (χ0) is 24.5. The van der Waals surface area contributed by atoms with Crippen molar-refractivity contribution >= 4 is 17.7 Å². The van der Waals surface area contributed by atoms with Crippen LogP contribution in [0.4, 0.5) is 9.18 Å². The number of aromatic nitrogens is 1. The average Bonchev–Trinajstić information content (AvgIpc) is 3.49. The molecule has 2 fully saturated rings. The van der Waals surface area contributed by atoms with E-state index in [1.165, 1.54) is 24.3 Å². The number of hydrogen-bond acceptors (Lipinski definition) is 4. The van der Waals surface area contributed by atoms with E-state index in [0.29, 0.717) is 30.5 Å². The fourth-order valence-corrected chi connectivity index (χ4v) is 5.04. The Hall–Kier alpha value is -3.00. The first-order chi connectivity index (χ1) is 16.3. The lowest BCUT2D eigenvalue weighted by Crippen LogP contribution is -2.44. The van der Waals surface area contributed by atoms with Crippen LogP contribution in [0.3, 0.4) is 0 Å². The van der Waals surface area contributed by atoms with E-state index >= 15 is 0 Å². The van der Waals surface area contributed by atoms with E-state index in [1.54, 1.807) is 0 Å². The van der Waals surface area contributed by atoms with Gasteiger partial charge in [0.1, 0.15) is 11.4 Å². The molecule has 1 aromatic heterocycles. The minimum Gasteiger partial charge on any atom is -0.376 e. The predicted molar refractivity (Wildman–Crippen MR) is 125 cm³/mol. The van der Waals surface area contributed by atoms with Crippen LogP contribution in [0.2, 0.25) is 0 Å². The smallest absolute Gasteiger partial charge is 0.325 e. The highest BCUT2D eigenvalue weighted by molar-refractivity contribution is 6.11. The van der Waals surface area contributed by atoms with Gasteiger partial charge in [0.25, 0.3) is 5.91 Å². The molecule has 0 aliphatic carbocycles. The molecule has 1 aromatic carbocycles. The van der Waals surface area contributed by atoms with E-state index in [-0.39, 0.29) is 18.4 Å². The van der Waals surface area contributed by atoms with Crippen molar-refractivity contribution in [1.29, 1.82) is 0 Å². The molecule has 0 saturated carbocycles. The number of imide groups is 1. The number of ether oxygens (including phenoxy) is 1. The van der Waals surface area contributed by atoms with Crippen LogP contribution in [0.5, 0.6) is 0 Å². The van der Waals surface area contributed by atoms with Crippen molar-refractivity contribution in [1.82, 2.24) is 14.8 Å². The molecule has 2 aliphatic heterocycles. The summed E-state index contributed by atoms with van der Waals surface area (Å²) in [6.07, 6.45) is 4.05. The van der Waals surface area contributed by atoms with E-state index in [0.717, 1.165) is 42.2 Å². The molecular formula is C26H32FN3O4. The first-order valence-corrected chi connectivity index (χ1v) is 12.0. The molecule has 0 bridgehead atoms. The van der Waals surface area contributed by atoms with Gasteiger partial charge < -0.3 is 14.6 Å². The van der Waals surface area contributed by atoms with Crippen LogP contribution < -0.4 is 5.32 Å². The topological polar surface area (TPSA) is 80.6 Å². The third-order valence-electron chi connectivity index (χ3n) is 7.00. The van der Waals surface area contributed by atoms with E-state index < -0.39 is 23.3 Å². The lowest BCUT2D eigenvalue weighted by Gasteiger charge is -2.27. The molecule has 1 N–H and O–H groups in total. The Morgan fingerprint density at radius 3 is 2.62 bits per heavy atom. The number of carbonyl (C=O) groups excluding carboxylic acids is 3. The molecule has 2 aromatic rings. The minimum atomic E-state index is -1.29. The summed E-state index contributed by atoms with van der Waals surface area (Å²) < 4.78 is 21.3. The fraction of sp³-hybridized carbons (Fsp3) is 0.500. The van der Waals surface area contributed by atoms with Gasteiger partial charge in [-0.1, -0.05) is 31.9 Å². The quantitative estimate of drug-likeness (QED) is 0.440. The number of hydrogen-bond donors (Lipinski definition) is 1. The Bertz CT molecular complexity index is 1090. The number of rotatable bonds is 9.